The zero-order valence-electron chi connectivity index (χ0n) is 18.8. The van der Waals surface area contributed by atoms with Gasteiger partial charge in [-0.2, -0.15) is 0 Å². The zero-order chi connectivity index (χ0) is 23.1. The largest absolute Gasteiger partial charge is 0.465 e. The summed E-state index contributed by atoms with van der Waals surface area (Å²) in [5.41, 5.74) is 0.585. The molecule has 1 unspecified atom stereocenters. The van der Waals surface area contributed by atoms with Gasteiger partial charge in [-0.1, -0.05) is 48.5 Å². The van der Waals surface area contributed by atoms with Gasteiger partial charge in [-0.3, -0.25) is 14.4 Å². The van der Waals surface area contributed by atoms with E-state index in [1.54, 1.807) is 32.7 Å². The quantitative estimate of drug-likeness (QED) is 0.524. The molecule has 166 valence electrons. The molecule has 6 nitrogen and oxygen atoms in total. The van der Waals surface area contributed by atoms with E-state index in [0.717, 1.165) is 11.3 Å². The summed E-state index contributed by atoms with van der Waals surface area (Å²) in [7, 11) is 1.72. The molecule has 0 N–H and O–H groups in total. The van der Waals surface area contributed by atoms with Crippen molar-refractivity contribution in [1.29, 1.82) is 0 Å². The Morgan fingerprint density at radius 1 is 0.906 bits per heavy atom. The average Bonchev–Trinajstić information content (AvgIpc) is 3.10. The predicted molar refractivity (Wildman–Crippen MR) is 122 cm³/mol. The van der Waals surface area contributed by atoms with Gasteiger partial charge in [-0.05, 0) is 50.0 Å². The van der Waals surface area contributed by atoms with Gasteiger partial charge in [0.15, 0.2) is 5.41 Å². The molecule has 1 aliphatic carbocycles. The number of amides is 1. The number of benzene rings is 2. The van der Waals surface area contributed by atoms with Gasteiger partial charge >= 0.3 is 11.9 Å². The summed E-state index contributed by atoms with van der Waals surface area (Å²) >= 11 is 0. The minimum atomic E-state index is -1.74. The van der Waals surface area contributed by atoms with Crippen LogP contribution in [0.2, 0.25) is 0 Å². The third-order valence-electron chi connectivity index (χ3n) is 6.47. The third-order valence-corrected chi connectivity index (χ3v) is 6.47. The first-order valence-corrected chi connectivity index (χ1v) is 10.9. The van der Waals surface area contributed by atoms with Gasteiger partial charge in [0.05, 0.1) is 24.3 Å². The number of anilines is 1. The van der Waals surface area contributed by atoms with Crippen LogP contribution in [0.15, 0.2) is 54.6 Å². The maximum atomic E-state index is 13.7. The van der Waals surface area contributed by atoms with E-state index in [9.17, 15) is 14.4 Å². The van der Waals surface area contributed by atoms with Gasteiger partial charge in [-0.25, -0.2) is 0 Å². The van der Waals surface area contributed by atoms with Crippen LogP contribution < -0.4 is 4.90 Å². The SMILES string of the molecule is CCOC(=O)C1(C(=O)OCC)CC2(C)C(=O)N(C)c3ccccc3C2=C1c1ccccc1. The second kappa shape index (κ2) is 7.93. The summed E-state index contributed by atoms with van der Waals surface area (Å²) in [5.74, 6) is -1.54. The molecule has 0 fully saturated rings. The second-order valence-electron chi connectivity index (χ2n) is 8.35. The Morgan fingerprint density at radius 3 is 2.06 bits per heavy atom. The van der Waals surface area contributed by atoms with E-state index >= 15 is 0 Å². The monoisotopic (exact) mass is 433 g/mol. The number of nitrogens with zero attached hydrogens (tertiary/aromatic N) is 1. The van der Waals surface area contributed by atoms with Crippen LogP contribution in [0.5, 0.6) is 0 Å². The van der Waals surface area contributed by atoms with Crippen molar-refractivity contribution in [1.82, 2.24) is 0 Å². The summed E-state index contributed by atoms with van der Waals surface area (Å²) in [6, 6.07) is 16.8. The van der Waals surface area contributed by atoms with Crippen LogP contribution in [-0.4, -0.2) is 38.1 Å². The van der Waals surface area contributed by atoms with Gasteiger partial charge in [0, 0.05) is 12.6 Å². The Balaban J connectivity index is 2.15. The fraction of sp³-hybridized carbons (Fsp3) is 0.346. The van der Waals surface area contributed by atoms with Crippen molar-refractivity contribution in [2.24, 2.45) is 10.8 Å². The van der Waals surface area contributed by atoms with Gasteiger partial charge in [0.2, 0.25) is 5.91 Å². The number of ether oxygens (including phenoxy) is 2. The van der Waals surface area contributed by atoms with Crippen molar-refractivity contribution in [2.75, 3.05) is 25.2 Å². The van der Waals surface area contributed by atoms with Gasteiger partial charge < -0.3 is 14.4 Å². The summed E-state index contributed by atoms with van der Waals surface area (Å²) < 4.78 is 10.9. The van der Waals surface area contributed by atoms with E-state index in [4.69, 9.17) is 9.47 Å². The summed E-state index contributed by atoms with van der Waals surface area (Å²) in [6.07, 6.45) is -0.0469. The Bertz CT molecular complexity index is 1100. The predicted octanol–water partition coefficient (Wildman–Crippen LogP) is 4.10. The van der Waals surface area contributed by atoms with E-state index in [1.807, 2.05) is 54.6 Å². The third kappa shape index (κ3) is 2.89. The van der Waals surface area contributed by atoms with Crippen LogP contribution in [0, 0.1) is 10.8 Å². The van der Waals surface area contributed by atoms with Crippen LogP contribution in [0.25, 0.3) is 11.1 Å². The molecule has 0 saturated carbocycles. The number of esters is 2. The lowest BCUT2D eigenvalue weighted by Gasteiger charge is -2.39. The molecule has 2 aliphatic rings. The lowest BCUT2D eigenvalue weighted by Crippen LogP contribution is -2.47. The summed E-state index contributed by atoms with van der Waals surface area (Å²) in [5, 5.41) is 0. The molecule has 2 aromatic carbocycles. The smallest absolute Gasteiger partial charge is 0.328 e. The van der Waals surface area contributed by atoms with Crippen molar-refractivity contribution in [3.63, 3.8) is 0 Å². The molecule has 2 aromatic rings. The minimum absolute atomic E-state index is 0.0469. The van der Waals surface area contributed by atoms with Gasteiger partial charge in [-0.15, -0.1) is 0 Å². The molecule has 1 amide bonds. The number of hydrogen-bond acceptors (Lipinski definition) is 5. The molecule has 0 aromatic heterocycles. The lowest BCUT2D eigenvalue weighted by molar-refractivity contribution is -0.168. The number of para-hydroxylation sites is 1. The van der Waals surface area contributed by atoms with Crippen LogP contribution in [0.3, 0.4) is 0 Å². The highest BCUT2D eigenvalue weighted by molar-refractivity contribution is 6.26. The first-order valence-electron chi connectivity index (χ1n) is 10.9. The topological polar surface area (TPSA) is 72.9 Å². The molecule has 1 heterocycles. The highest BCUT2D eigenvalue weighted by atomic mass is 16.6. The number of hydrogen-bond donors (Lipinski definition) is 0. The van der Waals surface area contributed by atoms with Crippen LogP contribution >= 0.6 is 0 Å². The highest BCUT2D eigenvalue weighted by Crippen LogP contribution is 2.64. The number of fused-ring (bicyclic) bond motifs is 3. The van der Waals surface area contributed by atoms with Crippen LogP contribution in [0.1, 0.15) is 38.3 Å². The van der Waals surface area contributed by atoms with Gasteiger partial charge in [0.1, 0.15) is 0 Å². The van der Waals surface area contributed by atoms with Crippen LogP contribution in [0.4, 0.5) is 5.69 Å². The fourth-order valence-electron chi connectivity index (χ4n) is 5.20. The zero-order valence-corrected chi connectivity index (χ0v) is 18.8. The van der Waals surface area contributed by atoms with E-state index in [0.29, 0.717) is 16.7 Å². The Hall–Kier alpha value is -3.41. The molecule has 0 saturated heterocycles. The first-order chi connectivity index (χ1) is 15.3. The Morgan fingerprint density at radius 2 is 1.47 bits per heavy atom. The van der Waals surface area contributed by atoms with Crippen molar-refractivity contribution in [3.8, 4) is 0 Å². The number of carbonyl (C=O) groups excluding carboxylic acids is 3. The maximum absolute atomic E-state index is 13.7. The van der Waals surface area contributed by atoms with E-state index in [1.165, 1.54) is 0 Å². The molecule has 1 atom stereocenters. The lowest BCUT2D eigenvalue weighted by atomic mass is 9.72. The first kappa shape index (κ1) is 21.8. The minimum Gasteiger partial charge on any atom is -0.465 e. The van der Waals surface area contributed by atoms with Gasteiger partial charge in [0.25, 0.3) is 0 Å². The fourth-order valence-corrected chi connectivity index (χ4v) is 5.20. The Labute approximate surface area is 187 Å². The average molecular weight is 434 g/mol. The summed E-state index contributed by atoms with van der Waals surface area (Å²) in [6.45, 7) is 5.42. The molecule has 6 heteroatoms. The molecule has 0 spiro atoms. The normalized spacial score (nSPS) is 21.1. The number of carbonyl (C=O) groups is 3. The molecule has 32 heavy (non-hydrogen) atoms. The van der Waals surface area contributed by atoms with Crippen molar-refractivity contribution in [3.05, 3.63) is 65.7 Å². The molecular weight excluding hydrogens is 406 g/mol. The van der Waals surface area contributed by atoms with Crippen LogP contribution in [-0.2, 0) is 23.9 Å². The van der Waals surface area contributed by atoms with E-state index < -0.39 is 22.8 Å². The van der Waals surface area contributed by atoms with E-state index in [2.05, 4.69) is 0 Å². The molecule has 0 radical (unpaired) electrons. The maximum Gasteiger partial charge on any atom is 0.328 e. The standard InChI is InChI=1S/C26H27NO5/c1-5-31-23(29)26(24(30)32-6-2)16-25(3)21(20(26)17-12-8-7-9-13-17)18-14-10-11-15-19(18)27(4)22(25)28/h7-15H,5-6,16H2,1-4H3. The molecule has 4 rings (SSSR count). The molecule has 1 aliphatic heterocycles. The molecular formula is C26H27NO5. The highest BCUT2D eigenvalue weighted by Gasteiger charge is 2.66. The number of rotatable bonds is 5. The second-order valence-corrected chi connectivity index (χ2v) is 8.35. The Kier molecular flexibility index (Phi) is 5.41. The van der Waals surface area contributed by atoms with Crippen molar-refractivity contribution < 1.29 is 23.9 Å². The van der Waals surface area contributed by atoms with Crippen molar-refractivity contribution in [2.45, 2.75) is 27.2 Å². The molecule has 0 bridgehead atoms. The summed E-state index contributed by atoms with van der Waals surface area (Å²) in [4.78, 5) is 42.5. The van der Waals surface area contributed by atoms with Crippen molar-refractivity contribution >= 4 is 34.7 Å². The van der Waals surface area contributed by atoms with E-state index in [-0.39, 0.29) is 25.5 Å².